The van der Waals surface area contributed by atoms with E-state index in [-0.39, 0.29) is 0 Å². The maximum absolute atomic E-state index is 10.7. The molecule has 0 aliphatic carbocycles. The van der Waals surface area contributed by atoms with E-state index in [1.54, 1.807) is 12.4 Å². The molecule has 0 N–H and O–H groups in total. The Morgan fingerprint density at radius 2 is 1.59 bits per heavy atom. The molecule has 0 aliphatic rings. The second-order valence-corrected chi connectivity index (χ2v) is 4.74. The van der Waals surface area contributed by atoms with Gasteiger partial charge in [-0.25, -0.2) is 0 Å². The molecule has 5 nitrogen and oxygen atoms in total. The molecule has 0 aromatic carbocycles. The zero-order chi connectivity index (χ0) is 15.2. The molecular weight excluding hydrogens is 276 g/mol. The number of carbonyl (C=O) groups is 1. The van der Waals surface area contributed by atoms with Crippen LogP contribution in [0.15, 0.2) is 54.9 Å². The zero-order valence-corrected chi connectivity index (χ0v) is 11.9. The molecule has 108 valence electrons. The molecule has 0 spiro atoms. The van der Waals surface area contributed by atoms with Gasteiger partial charge in [0.15, 0.2) is 0 Å². The number of carbonyl (C=O) groups excluding carboxylic acids is 1. The van der Waals surface area contributed by atoms with E-state index in [9.17, 15) is 4.79 Å². The molecule has 0 atom stereocenters. The van der Waals surface area contributed by atoms with Crippen molar-refractivity contribution in [1.82, 2.24) is 20.2 Å². The van der Waals surface area contributed by atoms with E-state index in [0.717, 1.165) is 23.2 Å². The highest BCUT2D eigenvalue weighted by Crippen LogP contribution is 2.23. The normalized spacial score (nSPS) is 10.4. The largest absolute Gasteiger partial charge is 0.303 e. The summed E-state index contributed by atoms with van der Waals surface area (Å²) in [5, 5.41) is 8.56. The van der Waals surface area contributed by atoms with Crippen molar-refractivity contribution in [3.63, 3.8) is 0 Å². The van der Waals surface area contributed by atoms with Gasteiger partial charge in [-0.1, -0.05) is 12.1 Å². The lowest BCUT2D eigenvalue weighted by molar-refractivity contribution is -0.107. The average Bonchev–Trinajstić information content (AvgIpc) is 2.61. The van der Waals surface area contributed by atoms with E-state index in [2.05, 4.69) is 20.2 Å². The Hall–Kier alpha value is -2.95. The minimum absolute atomic E-state index is 0.438. The average molecular weight is 290 g/mol. The van der Waals surface area contributed by atoms with E-state index in [0.29, 0.717) is 24.2 Å². The summed E-state index contributed by atoms with van der Waals surface area (Å²) in [6.07, 6.45) is 5.38. The number of nitrogens with zero attached hydrogens (tertiary/aromatic N) is 4. The fraction of sp³-hybridized carbons (Fsp3) is 0.118. The van der Waals surface area contributed by atoms with Crippen molar-refractivity contribution in [3.05, 3.63) is 60.4 Å². The molecule has 5 heteroatoms. The van der Waals surface area contributed by atoms with Gasteiger partial charge in [0.1, 0.15) is 17.7 Å². The molecule has 0 fully saturated rings. The first-order chi connectivity index (χ1) is 10.9. The van der Waals surface area contributed by atoms with Crippen LogP contribution >= 0.6 is 0 Å². The van der Waals surface area contributed by atoms with Crippen LogP contribution in [0.2, 0.25) is 0 Å². The zero-order valence-electron chi connectivity index (χ0n) is 11.9. The molecule has 0 amide bonds. The summed E-state index contributed by atoms with van der Waals surface area (Å²) in [5.41, 5.74) is 3.86. The summed E-state index contributed by atoms with van der Waals surface area (Å²) in [4.78, 5) is 19.3. The maximum Gasteiger partial charge on any atom is 0.120 e. The molecule has 3 heterocycles. The predicted octanol–water partition coefficient (Wildman–Crippen LogP) is 2.73. The van der Waals surface area contributed by atoms with Crippen molar-refractivity contribution in [2.24, 2.45) is 0 Å². The Labute approximate surface area is 128 Å². The van der Waals surface area contributed by atoms with Crippen LogP contribution in [0.25, 0.3) is 22.8 Å². The summed E-state index contributed by atoms with van der Waals surface area (Å²) < 4.78 is 0. The van der Waals surface area contributed by atoms with Crippen molar-refractivity contribution in [3.8, 4) is 22.8 Å². The van der Waals surface area contributed by atoms with Crippen LogP contribution in [-0.4, -0.2) is 26.5 Å². The number of hydrogen-bond donors (Lipinski definition) is 0. The molecule has 0 saturated carbocycles. The Kier molecular flexibility index (Phi) is 4.25. The first kappa shape index (κ1) is 14.0. The van der Waals surface area contributed by atoms with Crippen LogP contribution in [0.1, 0.15) is 12.0 Å². The molecule has 0 unspecified atom stereocenters. The molecule has 0 radical (unpaired) electrons. The molecule has 3 aromatic heterocycles. The third-order valence-corrected chi connectivity index (χ3v) is 3.24. The van der Waals surface area contributed by atoms with Gasteiger partial charge < -0.3 is 4.79 Å². The smallest absolute Gasteiger partial charge is 0.120 e. The third-order valence-electron chi connectivity index (χ3n) is 3.24. The van der Waals surface area contributed by atoms with Gasteiger partial charge in [0.05, 0.1) is 11.4 Å². The number of aldehydes is 1. The summed E-state index contributed by atoms with van der Waals surface area (Å²) in [5.74, 6) is 0. The second-order valence-electron chi connectivity index (χ2n) is 4.74. The molecule has 3 aromatic rings. The molecular formula is C17H14N4O. The standard InChI is InChI=1S/C17H14N4O/c22-11-5-6-13-12-16(14-7-1-3-9-18-14)20-21-17(13)15-8-2-4-10-19-15/h1-4,7-12H,5-6H2. The summed E-state index contributed by atoms with van der Waals surface area (Å²) in [7, 11) is 0. The Bertz CT molecular complexity index is 760. The van der Waals surface area contributed by atoms with Crippen molar-refractivity contribution >= 4 is 6.29 Å². The Morgan fingerprint density at radius 3 is 2.23 bits per heavy atom. The van der Waals surface area contributed by atoms with Crippen LogP contribution in [0.5, 0.6) is 0 Å². The van der Waals surface area contributed by atoms with Crippen LogP contribution in [0, 0.1) is 0 Å². The minimum Gasteiger partial charge on any atom is -0.303 e. The Morgan fingerprint density at radius 1 is 0.864 bits per heavy atom. The number of aromatic nitrogens is 4. The van der Waals surface area contributed by atoms with Gasteiger partial charge in [0.2, 0.25) is 0 Å². The summed E-state index contributed by atoms with van der Waals surface area (Å²) >= 11 is 0. The highest BCUT2D eigenvalue weighted by molar-refractivity contribution is 5.64. The van der Waals surface area contributed by atoms with Crippen LogP contribution in [0.4, 0.5) is 0 Å². The Balaban J connectivity index is 2.05. The van der Waals surface area contributed by atoms with E-state index >= 15 is 0 Å². The van der Waals surface area contributed by atoms with Crippen LogP contribution in [0.3, 0.4) is 0 Å². The van der Waals surface area contributed by atoms with E-state index in [1.807, 2.05) is 42.5 Å². The number of hydrogen-bond acceptors (Lipinski definition) is 5. The van der Waals surface area contributed by atoms with Gasteiger partial charge in [0, 0.05) is 18.8 Å². The van der Waals surface area contributed by atoms with Gasteiger partial charge in [-0.3, -0.25) is 9.97 Å². The number of pyridine rings is 2. The summed E-state index contributed by atoms with van der Waals surface area (Å²) in [6, 6.07) is 13.2. The van der Waals surface area contributed by atoms with Crippen molar-refractivity contribution in [1.29, 1.82) is 0 Å². The molecule has 0 bridgehead atoms. The fourth-order valence-corrected chi connectivity index (χ4v) is 2.19. The van der Waals surface area contributed by atoms with Gasteiger partial charge in [-0.15, -0.1) is 10.2 Å². The van der Waals surface area contributed by atoms with Crippen molar-refractivity contribution < 1.29 is 4.79 Å². The van der Waals surface area contributed by atoms with Crippen LogP contribution < -0.4 is 0 Å². The van der Waals surface area contributed by atoms with Crippen molar-refractivity contribution in [2.45, 2.75) is 12.8 Å². The highest BCUT2D eigenvalue weighted by atomic mass is 16.1. The predicted molar refractivity (Wildman–Crippen MR) is 82.9 cm³/mol. The van der Waals surface area contributed by atoms with E-state index < -0.39 is 0 Å². The SMILES string of the molecule is O=CCCc1cc(-c2ccccn2)nnc1-c1ccccn1. The fourth-order valence-electron chi connectivity index (χ4n) is 2.19. The molecule has 22 heavy (non-hydrogen) atoms. The first-order valence-electron chi connectivity index (χ1n) is 7.01. The topological polar surface area (TPSA) is 68.6 Å². The van der Waals surface area contributed by atoms with E-state index in [4.69, 9.17) is 0 Å². The highest BCUT2D eigenvalue weighted by Gasteiger charge is 2.12. The minimum atomic E-state index is 0.438. The second kappa shape index (κ2) is 6.67. The molecule has 3 rings (SSSR count). The van der Waals surface area contributed by atoms with Crippen LogP contribution in [-0.2, 0) is 11.2 Å². The maximum atomic E-state index is 10.7. The van der Waals surface area contributed by atoms with Gasteiger partial charge >= 0.3 is 0 Å². The summed E-state index contributed by atoms with van der Waals surface area (Å²) in [6.45, 7) is 0. The lowest BCUT2D eigenvalue weighted by atomic mass is 10.0. The lowest BCUT2D eigenvalue weighted by Gasteiger charge is -2.08. The van der Waals surface area contributed by atoms with Gasteiger partial charge in [-0.05, 0) is 42.3 Å². The molecule has 0 saturated heterocycles. The van der Waals surface area contributed by atoms with Crippen molar-refractivity contribution in [2.75, 3.05) is 0 Å². The van der Waals surface area contributed by atoms with Gasteiger partial charge in [-0.2, -0.15) is 0 Å². The monoisotopic (exact) mass is 290 g/mol. The first-order valence-corrected chi connectivity index (χ1v) is 7.01. The quantitative estimate of drug-likeness (QED) is 0.676. The number of aryl methyl sites for hydroxylation is 1. The lowest BCUT2D eigenvalue weighted by Crippen LogP contribution is -2.00. The number of rotatable bonds is 5. The third kappa shape index (κ3) is 3.03. The molecule has 0 aliphatic heterocycles. The van der Waals surface area contributed by atoms with E-state index in [1.165, 1.54) is 0 Å². The van der Waals surface area contributed by atoms with Gasteiger partial charge in [0.25, 0.3) is 0 Å².